The Morgan fingerprint density at radius 1 is 1.24 bits per heavy atom. The van der Waals surface area contributed by atoms with Gasteiger partial charge in [-0.05, 0) is 39.2 Å². The summed E-state index contributed by atoms with van der Waals surface area (Å²) in [6.07, 6.45) is 2.56. The second kappa shape index (κ2) is 7.66. The smallest absolute Gasteiger partial charge is 0.400 e. The highest BCUT2D eigenvalue weighted by atomic mass is 35.5. The summed E-state index contributed by atoms with van der Waals surface area (Å²) in [6, 6.07) is 5.15. The van der Waals surface area contributed by atoms with E-state index in [0.29, 0.717) is 21.9 Å². The van der Waals surface area contributed by atoms with Crippen LogP contribution in [0.15, 0.2) is 23.7 Å². The van der Waals surface area contributed by atoms with Gasteiger partial charge in [0.1, 0.15) is 0 Å². The standard InChI is InChI=1S/C18H22BClO4S/c1-12(22)25-11-14(19-23-17(2,3)18(4,5)24-19)9-15-13(10-21)7-6-8-16(15)20/h6-10H,11H2,1-5H3. The van der Waals surface area contributed by atoms with Crippen molar-refractivity contribution in [2.24, 2.45) is 0 Å². The largest absolute Gasteiger partial charge is 0.491 e. The van der Waals surface area contributed by atoms with E-state index in [1.165, 1.54) is 18.7 Å². The van der Waals surface area contributed by atoms with Crippen molar-refractivity contribution >= 4 is 48.0 Å². The molecule has 0 bridgehead atoms. The Hall–Kier alpha value is -1.08. The summed E-state index contributed by atoms with van der Waals surface area (Å²) >= 11 is 7.44. The lowest BCUT2D eigenvalue weighted by atomic mass is 9.78. The molecule has 0 amide bonds. The number of rotatable bonds is 5. The van der Waals surface area contributed by atoms with Crippen molar-refractivity contribution in [1.82, 2.24) is 0 Å². The molecule has 0 aromatic heterocycles. The third-order valence-corrected chi connectivity index (χ3v) is 5.76. The zero-order chi connectivity index (χ0) is 18.8. The number of carbonyl (C=O) groups excluding carboxylic acids is 2. The molecule has 1 aliphatic rings. The van der Waals surface area contributed by atoms with E-state index in [4.69, 9.17) is 20.9 Å². The highest BCUT2D eigenvalue weighted by molar-refractivity contribution is 8.13. The van der Waals surface area contributed by atoms with Crippen molar-refractivity contribution in [1.29, 1.82) is 0 Å². The van der Waals surface area contributed by atoms with Gasteiger partial charge in [-0.15, -0.1) is 0 Å². The Bertz CT molecular complexity index is 699. The molecule has 1 saturated heterocycles. The maximum atomic E-state index is 11.4. The van der Waals surface area contributed by atoms with E-state index in [2.05, 4.69) is 0 Å². The van der Waals surface area contributed by atoms with Crippen molar-refractivity contribution in [2.75, 3.05) is 5.75 Å². The van der Waals surface area contributed by atoms with Crippen molar-refractivity contribution in [3.8, 4) is 0 Å². The van der Waals surface area contributed by atoms with Gasteiger partial charge in [0, 0.05) is 28.8 Å². The highest BCUT2D eigenvalue weighted by Crippen LogP contribution is 2.39. The summed E-state index contributed by atoms with van der Waals surface area (Å²) in [6.45, 7) is 9.38. The fourth-order valence-corrected chi connectivity index (χ4v) is 3.18. The van der Waals surface area contributed by atoms with Gasteiger partial charge in [0.15, 0.2) is 11.4 Å². The van der Waals surface area contributed by atoms with Crippen LogP contribution in [0.1, 0.15) is 50.5 Å². The van der Waals surface area contributed by atoms with Crippen LogP contribution in [-0.4, -0.2) is 35.5 Å². The highest BCUT2D eigenvalue weighted by Gasteiger charge is 2.52. The van der Waals surface area contributed by atoms with Gasteiger partial charge < -0.3 is 9.31 Å². The molecule has 0 spiro atoms. The minimum Gasteiger partial charge on any atom is -0.400 e. The number of hydrogen-bond donors (Lipinski definition) is 0. The van der Waals surface area contributed by atoms with Crippen LogP contribution < -0.4 is 0 Å². The van der Waals surface area contributed by atoms with E-state index in [-0.39, 0.29) is 5.12 Å². The van der Waals surface area contributed by atoms with Gasteiger partial charge >= 0.3 is 7.12 Å². The maximum absolute atomic E-state index is 11.4. The monoisotopic (exact) mass is 380 g/mol. The molecule has 4 nitrogen and oxygen atoms in total. The van der Waals surface area contributed by atoms with E-state index in [1.807, 2.05) is 27.7 Å². The topological polar surface area (TPSA) is 52.6 Å². The van der Waals surface area contributed by atoms with Gasteiger partial charge in [0.05, 0.1) is 11.2 Å². The number of benzene rings is 1. The van der Waals surface area contributed by atoms with Crippen LogP contribution >= 0.6 is 23.4 Å². The van der Waals surface area contributed by atoms with Crippen LogP contribution in [0.25, 0.3) is 6.08 Å². The van der Waals surface area contributed by atoms with Crippen LogP contribution in [0, 0.1) is 0 Å². The molecule has 0 unspecified atom stereocenters. The molecule has 1 heterocycles. The Balaban J connectivity index is 2.44. The second-order valence-electron chi connectivity index (χ2n) is 6.95. The van der Waals surface area contributed by atoms with E-state index < -0.39 is 18.3 Å². The fourth-order valence-electron chi connectivity index (χ4n) is 2.35. The molecular weight excluding hydrogens is 359 g/mol. The lowest BCUT2D eigenvalue weighted by molar-refractivity contribution is -0.109. The van der Waals surface area contributed by atoms with Crippen molar-refractivity contribution < 1.29 is 18.9 Å². The van der Waals surface area contributed by atoms with E-state index in [0.717, 1.165) is 11.8 Å². The fraction of sp³-hybridized carbons (Fsp3) is 0.444. The molecule has 25 heavy (non-hydrogen) atoms. The predicted molar refractivity (Wildman–Crippen MR) is 104 cm³/mol. The minimum atomic E-state index is -0.604. The summed E-state index contributed by atoms with van der Waals surface area (Å²) in [4.78, 5) is 22.8. The molecule has 1 aromatic carbocycles. The molecule has 1 aromatic rings. The summed E-state index contributed by atoms with van der Waals surface area (Å²) in [5.41, 5.74) is 0.856. The minimum absolute atomic E-state index is 0.00260. The average Bonchev–Trinajstić information content (AvgIpc) is 2.72. The first-order chi connectivity index (χ1) is 11.6. The van der Waals surface area contributed by atoms with Gasteiger partial charge in [-0.2, -0.15) is 0 Å². The molecule has 2 rings (SSSR count). The van der Waals surface area contributed by atoms with Crippen LogP contribution in [0.3, 0.4) is 0 Å². The van der Waals surface area contributed by atoms with Gasteiger partial charge in [0.25, 0.3) is 0 Å². The molecule has 0 radical (unpaired) electrons. The first-order valence-corrected chi connectivity index (χ1v) is 9.37. The molecular formula is C18H22BClO4S. The van der Waals surface area contributed by atoms with Crippen LogP contribution in [0.4, 0.5) is 0 Å². The zero-order valence-corrected chi connectivity index (χ0v) is 16.7. The summed E-state index contributed by atoms with van der Waals surface area (Å²) in [5, 5.41) is 0.462. The number of aldehydes is 1. The van der Waals surface area contributed by atoms with E-state index in [9.17, 15) is 9.59 Å². The number of carbonyl (C=O) groups is 2. The number of hydrogen-bond acceptors (Lipinski definition) is 5. The molecule has 0 N–H and O–H groups in total. The summed E-state index contributed by atoms with van der Waals surface area (Å²) in [7, 11) is -0.604. The van der Waals surface area contributed by atoms with Crippen molar-refractivity contribution in [3.05, 3.63) is 39.8 Å². The van der Waals surface area contributed by atoms with Gasteiger partial charge in [-0.1, -0.05) is 41.6 Å². The SMILES string of the molecule is CC(=O)SCC(=Cc1c(Cl)cccc1C=O)B1OC(C)(C)C(C)(C)O1. The van der Waals surface area contributed by atoms with Crippen LogP contribution in [0.5, 0.6) is 0 Å². The first kappa shape index (κ1) is 20.2. The van der Waals surface area contributed by atoms with Gasteiger partial charge in [-0.3, -0.25) is 9.59 Å². The lowest BCUT2D eigenvalue weighted by Gasteiger charge is -2.32. The Morgan fingerprint density at radius 3 is 2.36 bits per heavy atom. The molecule has 1 fully saturated rings. The number of thioether (sulfide) groups is 1. The molecule has 7 heteroatoms. The molecule has 0 aliphatic carbocycles. The Labute approximate surface area is 158 Å². The maximum Gasteiger partial charge on any atom is 0.491 e. The van der Waals surface area contributed by atoms with Crippen LogP contribution in [-0.2, 0) is 14.1 Å². The van der Waals surface area contributed by atoms with Gasteiger partial charge in [-0.25, -0.2) is 0 Å². The number of halogens is 1. The average molecular weight is 381 g/mol. The summed E-state index contributed by atoms with van der Waals surface area (Å²) < 4.78 is 12.2. The third kappa shape index (κ3) is 4.56. The molecule has 134 valence electrons. The normalized spacial score (nSPS) is 19.1. The molecule has 0 saturated carbocycles. The second-order valence-corrected chi connectivity index (χ2v) is 8.51. The lowest BCUT2D eigenvalue weighted by Crippen LogP contribution is -2.41. The van der Waals surface area contributed by atoms with Crippen molar-refractivity contribution in [3.63, 3.8) is 0 Å². The molecule has 0 atom stereocenters. The summed E-state index contributed by atoms with van der Waals surface area (Å²) in [5.74, 6) is 0.398. The van der Waals surface area contributed by atoms with Crippen molar-refractivity contribution in [2.45, 2.75) is 45.8 Å². The van der Waals surface area contributed by atoms with E-state index in [1.54, 1.807) is 24.3 Å². The van der Waals surface area contributed by atoms with E-state index >= 15 is 0 Å². The molecule has 1 aliphatic heterocycles. The third-order valence-electron chi connectivity index (χ3n) is 4.54. The van der Waals surface area contributed by atoms with Crippen LogP contribution in [0.2, 0.25) is 5.02 Å². The first-order valence-electron chi connectivity index (χ1n) is 8.00. The quantitative estimate of drug-likeness (QED) is 0.558. The predicted octanol–water partition coefficient (Wildman–Crippen LogP) is 4.45. The Morgan fingerprint density at radius 2 is 1.84 bits per heavy atom. The Kier molecular flexibility index (Phi) is 6.20. The van der Waals surface area contributed by atoms with Gasteiger partial charge in [0.2, 0.25) is 0 Å². The zero-order valence-electron chi connectivity index (χ0n) is 15.1.